The molecule has 1 aliphatic heterocycles. The molecule has 1 aromatic heterocycles. The number of hydrogen-bond donors (Lipinski definition) is 1. The molecule has 0 aromatic carbocycles. The number of hydrogen-bond acceptors (Lipinski definition) is 2. The molecule has 0 amide bonds. The summed E-state index contributed by atoms with van der Waals surface area (Å²) in [5, 5.41) is 7.37. The topological polar surface area (TPSA) is 37.9 Å². The van der Waals surface area contributed by atoms with Crippen LogP contribution in [0, 0.1) is 0 Å². The van der Waals surface area contributed by atoms with Crippen LogP contribution in [0.3, 0.4) is 0 Å². The molecule has 2 rings (SSSR count). The number of nitrogens with one attached hydrogen (secondary N) is 1. The lowest BCUT2D eigenvalue weighted by atomic mass is 10.0. The van der Waals surface area contributed by atoms with Crippen LogP contribution in [0.15, 0.2) is 0 Å². The summed E-state index contributed by atoms with van der Waals surface area (Å²) in [5.74, 6) is 0.492. The lowest BCUT2D eigenvalue weighted by Gasteiger charge is -2.13. The molecule has 12 heavy (non-hydrogen) atoms. The maximum atomic E-state index is 5.39. The molecule has 3 heteroatoms. The summed E-state index contributed by atoms with van der Waals surface area (Å²) in [6.45, 7) is 5.88. The van der Waals surface area contributed by atoms with Gasteiger partial charge in [0.25, 0.3) is 0 Å². The number of nitrogens with zero attached hydrogens (tertiary/aromatic N) is 1. The van der Waals surface area contributed by atoms with Gasteiger partial charge in [-0.15, -0.1) is 0 Å². The van der Waals surface area contributed by atoms with Crippen LogP contribution >= 0.6 is 0 Å². The third kappa shape index (κ3) is 1.14. The van der Waals surface area contributed by atoms with Gasteiger partial charge in [0.1, 0.15) is 0 Å². The molecule has 0 saturated carbocycles. The van der Waals surface area contributed by atoms with Crippen molar-refractivity contribution in [2.45, 2.75) is 32.8 Å². The van der Waals surface area contributed by atoms with E-state index < -0.39 is 0 Å². The Morgan fingerprint density at radius 3 is 3.08 bits per heavy atom. The minimum Gasteiger partial charge on any atom is -0.376 e. The fourth-order valence-corrected chi connectivity index (χ4v) is 1.61. The largest absolute Gasteiger partial charge is 0.376 e. The molecule has 1 aromatic rings. The zero-order valence-electron chi connectivity index (χ0n) is 7.55. The Balaban J connectivity index is 2.38. The van der Waals surface area contributed by atoms with Crippen LogP contribution in [-0.4, -0.2) is 16.8 Å². The fraction of sp³-hybridized carbons (Fsp3) is 0.667. The summed E-state index contributed by atoms with van der Waals surface area (Å²) in [7, 11) is 0. The van der Waals surface area contributed by atoms with Crippen molar-refractivity contribution in [3.63, 3.8) is 0 Å². The Kier molecular flexibility index (Phi) is 1.89. The molecule has 3 nitrogen and oxygen atoms in total. The second-order valence-electron chi connectivity index (χ2n) is 3.52. The van der Waals surface area contributed by atoms with Crippen molar-refractivity contribution >= 4 is 0 Å². The Morgan fingerprint density at radius 1 is 1.50 bits per heavy atom. The number of H-pyrrole nitrogens is 1. The van der Waals surface area contributed by atoms with Crippen molar-refractivity contribution in [3.8, 4) is 0 Å². The number of aromatic amines is 1. The minimum atomic E-state index is 0.492. The maximum absolute atomic E-state index is 5.39. The van der Waals surface area contributed by atoms with Gasteiger partial charge in [0.2, 0.25) is 0 Å². The van der Waals surface area contributed by atoms with E-state index in [0.29, 0.717) is 5.92 Å². The van der Waals surface area contributed by atoms with E-state index in [-0.39, 0.29) is 0 Å². The summed E-state index contributed by atoms with van der Waals surface area (Å²) < 4.78 is 5.39. The van der Waals surface area contributed by atoms with E-state index in [4.69, 9.17) is 4.74 Å². The molecule has 0 saturated heterocycles. The molecule has 0 radical (unpaired) electrons. The summed E-state index contributed by atoms with van der Waals surface area (Å²) >= 11 is 0. The van der Waals surface area contributed by atoms with E-state index in [1.54, 1.807) is 0 Å². The zero-order valence-corrected chi connectivity index (χ0v) is 7.55. The maximum Gasteiger partial charge on any atom is 0.0753 e. The summed E-state index contributed by atoms with van der Waals surface area (Å²) in [5.41, 5.74) is 3.73. The van der Waals surface area contributed by atoms with Crippen LogP contribution in [0.25, 0.3) is 0 Å². The lowest BCUT2D eigenvalue weighted by Crippen LogP contribution is -2.10. The first kappa shape index (κ1) is 7.80. The molecule has 0 fully saturated rings. The Bertz CT molecular complexity index is 278. The third-order valence-corrected chi connectivity index (χ3v) is 2.27. The van der Waals surface area contributed by atoms with E-state index in [9.17, 15) is 0 Å². The Hall–Kier alpha value is -0.830. The van der Waals surface area contributed by atoms with Crippen molar-refractivity contribution in [2.24, 2.45) is 0 Å². The second-order valence-corrected chi connectivity index (χ2v) is 3.52. The monoisotopic (exact) mass is 166 g/mol. The van der Waals surface area contributed by atoms with Gasteiger partial charge < -0.3 is 4.74 Å². The summed E-state index contributed by atoms with van der Waals surface area (Å²) in [4.78, 5) is 0. The highest BCUT2D eigenvalue weighted by Gasteiger charge is 2.18. The first-order valence-electron chi connectivity index (χ1n) is 4.43. The summed E-state index contributed by atoms with van der Waals surface area (Å²) in [6, 6.07) is 0. The first-order valence-corrected chi connectivity index (χ1v) is 4.43. The van der Waals surface area contributed by atoms with Crippen LogP contribution in [0.4, 0.5) is 0 Å². The summed E-state index contributed by atoms with van der Waals surface area (Å²) in [6.07, 6.45) is 0.981. The average molecular weight is 166 g/mol. The van der Waals surface area contributed by atoms with E-state index in [2.05, 4.69) is 24.0 Å². The number of ether oxygens (including phenoxy) is 1. The third-order valence-electron chi connectivity index (χ3n) is 2.27. The molecule has 0 unspecified atom stereocenters. The molecule has 0 bridgehead atoms. The Morgan fingerprint density at radius 2 is 2.33 bits per heavy atom. The van der Waals surface area contributed by atoms with Gasteiger partial charge in [-0.3, -0.25) is 5.10 Å². The van der Waals surface area contributed by atoms with Gasteiger partial charge in [-0.25, -0.2) is 0 Å². The highest BCUT2D eigenvalue weighted by molar-refractivity contribution is 5.28. The fourth-order valence-electron chi connectivity index (χ4n) is 1.61. The molecule has 1 N–H and O–H groups in total. The quantitative estimate of drug-likeness (QED) is 0.688. The predicted molar refractivity (Wildman–Crippen MR) is 46.0 cm³/mol. The molecule has 0 spiro atoms. The van der Waals surface area contributed by atoms with E-state index in [0.717, 1.165) is 19.6 Å². The van der Waals surface area contributed by atoms with Crippen LogP contribution in [0.5, 0.6) is 0 Å². The SMILES string of the molecule is CC(C)c1n[nH]c2c1COCC2. The second kappa shape index (κ2) is 2.90. The lowest BCUT2D eigenvalue weighted by molar-refractivity contribution is 0.109. The molecule has 2 heterocycles. The van der Waals surface area contributed by atoms with Crippen LogP contribution in [0.2, 0.25) is 0 Å². The first-order chi connectivity index (χ1) is 5.79. The molecule has 66 valence electrons. The van der Waals surface area contributed by atoms with Crippen molar-refractivity contribution in [3.05, 3.63) is 17.0 Å². The van der Waals surface area contributed by atoms with Crippen molar-refractivity contribution < 1.29 is 4.74 Å². The molecular formula is C9H14N2O. The standard InChI is InChI=1S/C9H14N2O/c1-6(2)9-7-5-12-4-3-8(7)10-11-9/h6H,3-5H2,1-2H3,(H,10,11). The van der Waals surface area contributed by atoms with E-state index in [1.165, 1.54) is 17.0 Å². The minimum absolute atomic E-state index is 0.492. The van der Waals surface area contributed by atoms with Gasteiger partial charge in [-0.05, 0) is 5.92 Å². The highest BCUT2D eigenvalue weighted by Crippen LogP contribution is 2.23. The molecule has 1 aliphatic rings. The highest BCUT2D eigenvalue weighted by atomic mass is 16.5. The van der Waals surface area contributed by atoms with Gasteiger partial charge in [0.05, 0.1) is 18.9 Å². The van der Waals surface area contributed by atoms with Crippen LogP contribution < -0.4 is 0 Å². The Labute approximate surface area is 72.1 Å². The zero-order chi connectivity index (χ0) is 8.55. The van der Waals surface area contributed by atoms with Crippen molar-refractivity contribution in [1.29, 1.82) is 0 Å². The normalized spacial score (nSPS) is 16.6. The van der Waals surface area contributed by atoms with Crippen molar-refractivity contribution in [2.75, 3.05) is 6.61 Å². The van der Waals surface area contributed by atoms with Gasteiger partial charge in [0.15, 0.2) is 0 Å². The predicted octanol–water partition coefficient (Wildman–Crippen LogP) is 1.61. The van der Waals surface area contributed by atoms with Crippen molar-refractivity contribution in [1.82, 2.24) is 10.2 Å². The van der Waals surface area contributed by atoms with Crippen LogP contribution in [0.1, 0.15) is 36.7 Å². The van der Waals surface area contributed by atoms with Crippen LogP contribution in [-0.2, 0) is 17.8 Å². The van der Waals surface area contributed by atoms with Gasteiger partial charge in [-0.2, -0.15) is 5.10 Å². The molecule has 0 atom stereocenters. The van der Waals surface area contributed by atoms with Gasteiger partial charge >= 0.3 is 0 Å². The smallest absolute Gasteiger partial charge is 0.0753 e. The molecular weight excluding hydrogens is 152 g/mol. The van der Waals surface area contributed by atoms with E-state index >= 15 is 0 Å². The molecule has 0 aliphatic carbocycles. The van der Waals surface area contributed by atoms with Gasteiger partial charge in [-0.1, -0.05) is 13.8 Å². The number of rotatable bonds is 1. The van der Waals surface area contributed by atoms with Gasteiger partial charge in [0, 0.05) is 17.7 Å². The number of fused-ring (bicyclic) bond motifs is 1. The number of aromatic nitrogens is 2. The average Bonchev–Trinajstić information content (AvgIpc) is 2.47. The van der Waals surface area contributed by atoms with E-state index in [1.807, 2.05) is 0 Å².